The van der Waals surface area contributed by atoms with E-state index in [-0.39, 0.29) is 11.8 Å². The molecule has 3 rings (SSSR count). The van der Waals surface area contributed by atoms with E-state index in [0.29, 0.717) is 48.2 Å². The molecule has 154 valence electrons. The summed E-state index contributed by atoms with van der Waals surface area (Å²) in [4.78, 5) is 28.6. The maximum Gasteiger partial charge on any atom is 0.259 e. The summed E-state index contributed by atoms with van der Waals surface area (Å²) in [5.41, 5.74) is 2.68. The van der Waals surface area contributed by atoms with E-state index >= 15 is 0 Å². The van der Waals surface area contributed by atoms with Crippen LogP contribution in [0.3, 0.4) is 0 Å². The Morgan fingerprint density at radius 3 is 2.48 bits per heavy atom. The fourth-order valence-corrected chi connectivity index (χ4v) is 4.41. The first-order valence-electron chi connectivity index (χ1n) is 9.26. The molecule has 0 atom stereocenters. The number of halogens is 2. The Bertz CT molecular complexity index is 943. The fourth-order valence-electron chi connectivity index (χ4n) is 3.54. The van der Waals surface area contributed by atoms with Crippen LogP contribution in [0, 0.1) is 6.92 Å². The van der Waals surface area contributed by atoms with Crippen molar-refractivity contribution in [2.24, 2.45) is 0 Å². The normalized spacial score (nSPS) is 14.0. The Hall–Kier alpha value is -2.25. The zero-order valence-corrected chi connectivity index (χ0v) is 18.9. The largest absolute Gasteiger partial charge is 0.496 e. The predicted molar refractivity (Wildman–Crippen MR) is 119 cm³/mol. The molecule has 1 saturated heterocycles. The molecular formula is C21H23BrClN3O3. The maximum atomic E-state index is 13.1. The predicted octanol–water partition coefficient (Wildman–Crippen LogP) is 4.34. The molecule has 1 N–H and O–H groups in total. The minimum atomic E-state index is -0.280. The van der Waals surface area contributed by atoms with Crippen molar-refractivity contribution in [3.05, 3.63) is 51.0 Å². The third kappa shape index (κ3) is 4.67. The number of nitrogens with one attached hydrogen (secondary N) is 1. The van der Waals surface area contributed by atoms with Gasteiger partial charge in [-0.3, -0.25) is 9.59 Å². The fraction of sp³-hybridized carbons (Fsp3) is 0.333. The highest BCUT2D eigenvalue weighted by molar-refractivity contribution is 9.10. The van der Waals surface area contributed by atoms with Crippen LogP contribution in [0.5, 0.6) is 5.75 Å². The summed E-state index contributed by atoms with van der Waals surface area (Å²) < 4.78 is 6.24. The number of piperazine rings is 1. The van der Waals surface area contributed by atoms with Crippen molar-refractivity contribution in [1.82, 2.24) is 4.90 Å². The molecule has 0 saturated carbocycles. The highest BCUT2D eigenvalue weighted by Gasteiger charge is 2.24. The van der Waals surface area contributed by atoms with E-state index in [4.69, 9.17) is 16.3 Å². The molecule has 6 nitrogen and oxygen atoms in total. The van der Waals surface area contributed by atoms with Crippen LogP contribution in [0.15, 0.2) is 34.8 Å². The van der Waals surface area contributed by atoms with Gasteiger partial charge in [0.1, 0.15) is 5.75 Å². The summed E-state index contributed by atoms with van der Waals surface area (Å²) in [6, 6.07) is 9.06. The standard InChI is InChI=1S/C21H23BrClN3O3/c1-13-11-15(22)12-16(20(13)29-3)21(28)24-18-6-4-5-17(23)19(18)26-9-7-25(8-10-26)14(2)27/h4-6,11-12H,7-10H2,1-3H3,(H,24,28). The Labute approximate surface area is 183 Å². The first-order valence-corrected chi connectivity index (χ1v) is 10.4. The van der Waals surface area contributed by atoms with Gasteiger partial charge in [0.15, 0.2) is 0 Å². The van der Waals surface area contributed by atoms with Crippen molar-refractivity contribution in [2.45, 2.75) is 13.8 Å². The lowest BCUT2D eigenvalue weighted by molar-refractivity contribution is -0.129. The van der Waals surface area contributed by atoms with Crippen LogP contribution in [-0.2, 0) is 4.79 Å². The summed E-state index contributed by atoms with van der Waals surface area (Å²) in [7, 11) is 1.55. The molecule has 1 aliphatic heterocycles. The number of amides is 2. The van der Waals surface area contributed by atoms with E-state index in [1.807, 2.05) is 19.1 Å². The van der Waals surface area contributed by atoms with Crippen molar-refractivity contribution < 1.29 is 14.3 Å². The van der Waals surface area contributed by atoms with E-state index in [2.05, 4.69) is 26.1 Å². The Kier molecular flexibility index (Phi) is 6.70. The van der Waals surface area contributed by atoms with Gasteiger partial charge in [-0.25, -0.2) is 0 Å². The smallest absolute Gasteiger partial charge is 0.259 e. The number of benzene rings is 2. The van der Waals surface area contributed by atoms with Gasteiger partial charge >= 0.3 is 0 Å². The first kappa shape index (κ1) is 21.5. The number of aryl methyl sites for hydroxylation is 1. The van der Waals surface area contributed by atoms with E-state index in [0.717, 1.165) is 15.7 Å². The van der Waals surface area contributed by atoms with Gasteiger partial charge in [-0.1, -0.05) is 33.6 Å². The lowest BCUT2D eigenvalue weighted by atomic mass is 10.1. The molecule has 2 amide bonds. The van der Waals surface area contributed by atoms with E-state index < -0.39 is 0 Å². The second-order valence-electron chi connectivity index (χ2n) is 6.89. The van der Waals surface area contributed by atoms with Gasteiger partial charge in [0.2, 0.25) is 5.91 Å². The summed E-state index contributed by atoms with van der Waals surface area (Å²) in [6.07, 6.45) is 0. The van der Waals surface area contributed by atoms with Crippen LogP contribution in [0.25, 0.3) is 0 Å². The second-order valence-corrected chi connectivity index (χ2v) is 8.21. The minimum absolute atomic E-state index is 0.0643. The number of methoxy groups -OCH3 is 1. The minimum Gasteiger partial charge on any atom is -0.496 e. The highest BCUT2D eigenvalue weighted by Crippen LogP contribution is 2.36. The lowest BCUT2D eigenvalue weighted by Gasteiger charge is -2.37. The van der Waals surface area contributed by atoms with Crippen molar-refractivity contribution in [1.29, 1.82) is 0 Å². The van der Waals surface area contributed by atoms with E-state index in [9.17, 15) is 9.59 Å². The van der Waals surface area contributed by atoms with Crippen molar-refractivity contribution in [3.8, 4) is 5.75 Å². The van der Waals surface area contributed by atoms with E-state index in [1.165, 1.54) is 0 Å². The monoisotopic (exact) mass is 479 g/mol. The molecule has 0 bridgehead atoms. The molecule has 0 aliphatic carbocycles. The summed E-state index contributed by atoms with van der Waals surface area (Å²) in [6.45, 7) is 5.99. The Morgan fingerprint density at radius 1 is 1.17 bits per heavy atom. The summed E-state index contributed by atoms with van der Waals surface area (Å²) >= 11 is 9.93. The van der Waals surface area contributed by atoms with Gasteiger partial charge in [0.25, 0.3) is 5.91 Å². The maximum absolute atomic E-state index is 13.1. The first-order chi connectivity index (χ1) is 13.8. The number of anilines is 2. The quantitative estimate of drug-likeness (QED) is 0.707. The van der Waals surface area contributed by atoms with Gasteiger partial charge in [-0.2, -0.15) is 0 Å². The molecule has 2 aromatic rings. The third-order valence-corrected chi connectivity index (χ3v) is 5.73. The van der Waals surface area contributed by atoms with Crippen molar-refractivity contribution >= 4 is 50.7 Å². The number of rotatable bonds is 4. The number of carbonyl (C=O) groups is 2. The van der Waals surface area contributed by atoms with Crippen LogP contribution in [0.4, 0.5) is 11.4 Å². The van der Waals surface area contributed by atoms with Crippen LogP contribution < -0.4 is 15.0 Å². The van der Waals surface area contributed by atoms with Gasteiger partial charge in [0.05, 0.1) is 29.1 Å². The highest BCUT2D eigenvalue weighted by atomic mass is 79.9. The average Bonchev–Trinajstić information content (AvgIpc) is 2.67. The average molecular weight is 481 g/mol. The molecule has 2 aromatic carbocycles. The van der Waals surface area contributed by atoms with Gasteiger partial charge < -0.3 is 19.9 Å². The van der Waals surface area contributed by atoms with Crippen LogP contribution >= 0.6 is 27.5 Å². The SMILES string of the molecule is COc1c(C)cc(Br)cc1C(=O)Nc1cccc(Cl)c1N1CCN(C(C)=O)CC1. The molecule has 0 aromatic heterocycles. The molecule has 0 unspecified atom stereocenters. The molecule has 8 heteroatoms. The second kappa shape index (κ2) is 9.05. The molecule has 29 heavy (non-hydrogen) atoms. The van der Waals surface area contributed by atoms with Gasteiger partial charge in [0, 0.05) is 37.6 Å². The number of hydrogen-bond donors (Lipinski definition) is 1. The zero-order valence-electron chi connectivity index (χ0n) is 16.6. The van der Waals surface area contributed by atoms with Crippen molar-refractivity contribution in [2.75, 3.05) is 43.5 Å². The number of ether oxygens (including phenoxy) is 1. The number of hydrogen-bond acceptors (Lipinski definition) is 4. The van der Waals surface area contributed by atoms with Gasteiger partial charge in [-0.05, 0) is 36.8 Å². The molecule has 0 radical (unpaired) electrons. The van der Waals surface area contributed by atoms with Crippen LogP contribution in [0.1, 0.15) is 22.8 Å². The number of nitrogens with zero attached hydrogens (tertiary/aromatic N) is 2. The molecule has 1 fully saturated rings. The molecule has 1 aliphatic rings. The molecule has 0 spiro atoms. The molecule has 1 heterocycles. The third-order valence-electron chi connectivity index (χ3n) is 4.96. The molecular weight excluding hydrogens is 458 g/mol. The topological polar surface area (TPSA) is 61.9 Å². The van der Waals surface area contributed by atoms with E-state index in [1.54, 1.807) is 37.1 Å². The summed E-state index contributed by atoms with van der Waals surface area (Å²) in [5.74, 6) is 0.316. The number of carbonyl (C=O) groups excluding carboxylic acids is 2. The Morgan fingerprint density at radius 2 is 1.86 bits per heavy atom. The van der Waals surface area contributed by atoms with Gasteiger partial charge in [-0.15, -0.1) is 0 Å². The Balaban J connectivity index is 1.89. The summed E-state index contributed by atoms with van der Waals surface area (Å²) in [5, 5.41) is 3.53. The van der Waals surface area contributed by atoms with Crippen LogP contribution in [0.2, 0.25) is 5.02 Å². The van der Waals surface area contributed by atoms with Crippen LogP contribution in [-0.4, -0.2) is 50.0 Å². The lowest BCUT2D eigenvalue weighted by Crippen LogP contribution is -2.48. The number of para-hydroxylation sites is 1. The van der Waals surface area contributed by atoms with Crippen molar-refractivity contribution in [3.63, 3.8) is 0 Å². The zero-order chi connectivity index (χ0) is 21.1.